The lowest BCUT2D eigenvalue weighted by molar-refractivity contribution is -0.138. The third-order valence-electron chi connectivity index (χ3n) is 14.3. The maximum atomic E-state index is 14.4. The van der Waals surface area contributed by atoms with E-state index in [1.807, 2.05) is 0 Å². The van der Waals surface area contributed by atoms with Crippen LogP contribution in [0, 0.1) is 17.8 Å². The van der Waals surface area contributed by atoms with Gasteiger partial charge in [0.25, 0.3) is 0 Å². The zero-order chi connectivity index (χ0) is 62.2. The van der Waals surface area contributed by atoms with Crippen LogP contribution in [0.4, 0.5) is 0 Å². The topological polar surface area (TPSA) is 469 Å². The van der Waals surface area contributed by atoms with Crippen molar-refractivity contribution in [2.45, 2.75) is 191 Å². The van der Waals surface area contributed by atoms with Gasteiger partial charge in [-0.25, -0.2) is 0 Å². The maximum Gasteiger partial charge on any atom is 0.245 e. The fourth-order valence-electron chi connectivity index (χ4n) is 9.40. The molecule has 2 rings (SSSR count). The van der Waals surface area contributed by atoms with Crippen LogP contribution in [0.5, 0.6) is 0 Å². The van der Waals surface area contributed by atoms with Gasteiger partial charge in [0.2, 0.25) is 47.3 Å². The molecule has 8 amide bonds. The number of hydrogen-bond donors (Lipinski definition) is 16. The van der Waals surface area contributed by atoms with Crippen LogP contribution in [0.1, 0.15) is 130 Å². The number of rotatable bonds is 30. The molecule has 0 saturated carbocycles. The molecule has 1 aromatic carbocycles. The smallest absolute Gasteiger partial charge is 0.245 e. The van der Waals surface area contributed by atoms with Crippen molar-refractivity contribution < 1.29 is 73.2 Å². The van der Waals surface area contributed by atoms with E-state index in [1.54, 1.807) is 30.3 Å². The lowest BCUT2D eigenvalue weighted by atomic mass is 9.90. The zero-order valence-electron chi connectivity index (χ0n) is 48.5. The summed E-state index contributed by atoms with van der Waals surface area (Å²) in [5, 5.41) is 62.6. The number of ketones is 3. The minimum absolute atomic E-state index is 0.0330. The molecule has 27 heteroatoms. The molecule has 0 spiro atoms. The van der Waals surface area contributed by atoms with Gasteiger partial charge in [-0.15, -0.1) is 0 Å². The molecule has 1 fully saturated rings. The molecule has 0 radical (unpaired) electrons. The quantitative estimate of drug-likeness (QED) is 0.0328. The second kappa shape index (κ2) is 39.3. The Kier molecular flexibility index (Phi) is 34.4. The highest BCUT2D eigenvalue weighted by atomic mass is 16.3. The summed E-state index contributed by atoms with van der Waals surface area (Å²) in [4.78, 5) is 153. The van der Waals surface area contributed by atoms with Gasteiger partial charge in [0.1, 0.15) is 42.0 Å². The zero-order valence-corrected chi connectivity index (χ0v) is 48.5. The number of aliphatic hydroxyl groups excluding tert-OH is 4. The van der Waals surface area contributed by atoms with Crippen LogP contribution >= 0.6 is 0 Å². The first-order valence-corrected chi connectivity index (χ1v) is 28.9. The van der Waals surface area contributed by atoms with Crippen LogP contribution in [-0.4, -0.2) is 185 Å². The number of unbranched alkanes of at least 4 members (excludes halogenated alkanes) is 5. The number of aliphatic hydroxyl groups is 4. The van der Waals surface area contributed by atoms with Gasteiger partial charge in [0, 0.05) is 44.1 Å². The van der Waals surface area contributed by atoms with Crippen LogP contribution in [0.15, 0.2) is 30.3 Å². The molecule has 83 heavy (non-hydrogen) atoms. The Morgan fingerprint density at radius 1 is 0.627 bits per heavy atom. The fourth-order valence-corrected chi connectivity index (χ4v) is 9.40. The third kappa shape index (κ3) is 26.0. The molecule has 1 saturated heterocycles. The standard InChI is InChI=1S/C56H94N12O15/c1-5-6-7-8-9-13-16-39(73)28-36(17-22-57)49(76)66-46(32(2)70)45(75)30-38(31-69)51(78)63-43-21-26-61-55(82)47(33(3)71)68-54(81)42(20-25-60)64-52(79)41(19-24-59)65-56(83)48(34(4)72)67-50(77)37(27-35-14-11-10-12-15-35)29-44(74)40(18-23-58)62-53(43)80/h10-12,14-15,32-34,36-38,40-43,46-48,69-72H,5-9,13,16-31,57-60H2,1-4H3,(H,61,82)(H,62,80)(H,63,78)(H,64,79)(H,65,83)(H,66,76)(H,67,77)(H,68,81)/t32-,33-,34-,36-,37+,38-,40+,41+,42+,43+,46+,47+,48+/m1/s1. The van der Waals surface area contributed by atoms with Crippen LogP contribution in [0.3, 0.4) is 0 Å². The molecule has 13 atom stereocenters. The molecule has 1 aliphatic heterocycles. The van der Waals surface area contributed by atoms with Crippen LogP contribution in [0.2, 0.25) is 0 Å². The Bertz CT molecular complexity index is 2260. The molecular formula is C56H94N12O15. The normalized spacial score (nSPS) is 23.3. The summed E-state index contributed by atoms with van der Waals surface area (Å²) in [6, 6.07) is -2.67. The van der Waals surface area contributed by atoms with Crippen LogP contribution in [-0.2, 0) is 59.2 Å². The molecular weight excluding hydrogens is 1080 g/mol. The number of carbonyl (C=O) groups excluding carboxylic acids is 11. The molecule has 20 N–H and O–H groups in total. The van der Waals surface area contributed by atoms with E-state index in [9.17, 15) is 73.2 Å². The first-order chi connectivity index (χ1) is 39.5. The maximum absolute atomic E-state index is 14.4. The number of Topliss-reactive ketones (excluding diaryl/α,β-unsaturated/α-hetero) is 3. The molecule has 0 aromatic heterocycles. The summed E-state index contributed by atoms with van der Waals surface area (Å²) in [6.07, 6.45) is -1.43. The average molecular weight is 1180 g/mol. The summed E-state index contributed by atoms with van der Waals surface area (Å²) >= 11 is 0. The predicted octanol–water partition coefficient (Wildman–Crippen LogP) is -3.85. The number of hydrogen-bond acceptors (Lipinski definition) is 19. The van der Waals surface area contributed by atoms with Gasteiger partial charge in [0.05, 0.1) is 36.9 Å². The number of carbonyl (C=O) groups is 11. The van der Waals surface area contributed by atoms with Crippen molar-refractivity contribution in [1.29, 1.82) is 0 Å². The highest BCUT2D eigenvalue weighted by Gasteiger charge is 2.38. The summed E-state index contributed by atoms with van der Waals surface area (Å²) in [5.74, 6) is -13.4. The van der Waals surface area contributed by atoms with E-state index in [2.05, 4.69) is 49.5 Å². The van der Waals surface area contributed by atoms with Crippen molar-refractivity contribution in [1.82, 2.24) is 42.5 Å². The van der Waals surface area contributed by atoms with E-state index >= 15 is 0 Å². The molecule has 1 aromatic rings. The SMILES string of the molecule is CCCCCCCCC(=O)C[C@@H](CCN)C(=O)N[C@H](C(=O)C[C@H](CO)C(=O)N[C@H]1CCNC(=O)[C@H]([C@@H](C)O)NC(=O)[C@H](CCN)NC(=O)[C@H](CCN)NC(=O)[C@H]([C@@H](C)O)NC(=O)[C@@H](Cc2ccccc2)CC(=O)[C@H](CCN)NC1=O)[C@@H](C)O. The second-order valence-electron chi connectivity index (χ2n) is 21.4. The van der Waals surface area contributed by atoms with Gasteiger partial charge in [-0.1, -0.05) is 69.4 Å². The molecule has 1 heterocycles. The van der Waals surface area contributed by atoms with Gasteiger partial charge < -0.3 is 85.9 Å². The number of nitrogens with one attached hydrogen (secondary N) is 8. The number of benzene rings is 1. The number of nitrogens with two attached hydrogens (primary N) is 4. The summed E-state index contributed by atoms with van der Waals surface area (Å²) in [7, 11) is 0. The molecule has 0 aliphatic carbocycles. The van der Waals surface area contributed by atoms with E-state index in [0.717, 1.165) is 32.1 Å². The molecule has 468 valence electrons. The summed E-state index contributed by atoms with van der Waals surface area (Å²) in [6.45, 7) is 3.70. The first-order valence-electron chi connectivity index (χ1n) is 28.9. The van der Waals surface area contributed by atoms with Gasteiger partial charge in [-0.05, 0) is 97.5 Å². The first kappa shape index (κ1) is 72.8. The van der Waals surface area contributed by atoms with E-state index < -0.39 is 170 Å². The summed E-state index contributed by atoms with van der Waals surface area (Å²) in [5.41, 5.74) is 23.9. The van der Waals surface area contributed by atoms with Crippen molar-refractivity contribution in [2.24, 2.45) is 40.7 Å². The monoisotopic (exact) mass is 1170 g/mol. The Hall–Kier alpha value is -6.33. The Labute approximate surface area is 485 Å². The Morgan fingerprint density at radius 3 is 1.73 bits per heavy atom. The van der Waals surface area contributed by atoms with E-state index in [-0.39, 0.29) is 76.9 Å². The van der Waals surface area contributed by atoms with Crippen molar-refractivity contribution in [3.63, 3.8) is 0 Å². The van der Waals surface area contributed by atoms with Crippen molar-refractivity contribution in [3.05, 3.63) is 35.9 Å². The molecule has 0 unspecified atom stereocenters. The van der Waals surface area contributed by atoms with Gasteiger partial charge in [-0.3, -0.25) is 52.7 Å². The second-order valence-corrected chi connectivity index (χ2v) is 21.4. The highest BCUT2D eigenvalue weighted by Crippen LogP contribution is 2.19. The molecule has 1 aliphatic rings. The molecule has 0 bridgehead atoms. The van der Waals surface area contributed by atoms with Gasteiger partial charge in [0.15, 0.2) is 11.6 Å². The largest absolute Gasteiger partial charge is 0.396 e. The van der Waals surface area contributed by atoms with Crippen molar-refractivity contribution in [2.75, 3.05) is 39.3 Å². The van der Waals surface area contributed by atoms with Crippen molar-refractivity contribution >= 4 is 64.6 Å². The summed E-state index contributed by atoms with van der Waals surface area (Å²) < 4.78 is 0. The Balaban J connectivity index is 2.62. The van der Waals surface area contributed by atoms with Crippen LogP contribution in [0.25, 0.3) is 0 Å². The van der Waals surface area contributed by atoms with E-state index in [0.29, 0.717) is 12.0 Å². The van der Waals surface area contributed by atoms with Gasteiger partial charge in [-0.2, -0.15) is 0 Å². The minimum Gasteiger partial charge on any atom is -0.396 e. The lowest BCUT2D eigenvalue weighted by Crippen LogP contribution is -2.61. The average Bonchev–Trinajstić information content (AvgIpc) is 3.59. The van der Waals surface area contributed by atoms with Crippen LogP contribution < -0.4 is 65.5 Å². The predicted molar refractivity (Wildman–Crippen MR) is 305 cm³/mol. The van der Waals surface area contributed by atoms with Gasteiger partial charge >= 0.3 is 0 Å². The number of amides is 8. The fraction of sp³-hybridized carbons (Fsp3) is 0.696. The Morgan fingerprint density at radius 2 is 1.17 bits per heavy atom. The highest BCUT2D eigenvalue weighted by molar-refractivity contribution is 5.99. The van der Waals surface area contributed by atoms with Crippen molar-refractivity contribution in [3.8, 4) is 0 Å². The van der Waals surface area contributed by atoms with E-state index in [1.165, 1.54) is 20.8 Å². The molecule has 27 nitrogen and oxygen atoms in total. The van der Waals surface area contributed by atoms with E-state index in [4.69, 9.17) is 22.9 Å². The third-order valence-corrected chi connectivity index (χ3v) is 14.3. The lowest BCUT2D eigenvalue weighted by Gasteiger charge is -2.28. The minimum atomic E-state index is -1.73.